The number of aliphatic carboxylic acids is 1. The highest BCUT2D eigenvalue weighted by molar-refractivity contribution is 5.86. The maximum absolute atomic E-state index is 10.3. The Kier molecular flexibility index (Phi) is 8.00. The minimum absolute atomic E-state index is 0.0214. The molecule has 106 valence electrons. The molecule has 0 unspecified atom stereocenters. The number of benzene rings is 1. The molecule has 5 nitrogen and oxygen atoms in total. The van der Waals surface area contributed by atoms with Crippen molar-refractivity contribution in [2.24, 2.45) is 4.99 Å². The van der Waals surface area contributed by atoms with Crippen molar-refractivity contribution in [3.05, 3.63) is 23.3 Å². The molecule has 1 aromatic rings. The van der Waals surface area contributed by atoms with Gasteiger partial charge in [-0.05, 0) is 18.6 Å². The molecule has 0 spiro atoms. The minimum atomic E-state index is -0.891. The molecule has 0 aromatic heterocycles. The highest BCUT2D eigenvalue weighted by Gasteiger charge is 2.05. The van der Waals surface area contributed by atoms with Gasteiger partial charge in [0.25, 0.3) is 0 Å². The first-order chi connectivity index (χ1) is 9.04. The molecule has 0 amide bonds. The largest absolute Gasteiger partial charge is 0.507 e. The van der Waals surface area contributed by atoms with Crippen molar-refractivity contribution in [2.45, 2.75) is 27.2 Å². The van der Waals surface area contributed by atoms with Crippen molar-refractivity contribution in [2.75, 3.05) is 13.7 Å². The van der Waals surface area contributed by atoms with E-state index in [0.717, 1.165) is 5.56 Å². The number of hydrogen-bond acceptors (Lipinski definition) is 4. The van der Waals surface area contributed by atoms with Crippen molar-refractivity contribution in [3.8, 4) is 11.5 Å². The van der Waals surface area contributed by atoms with Crippen LogP contribution in [0.4, 0.5) is 0 Å². The number of nitrogens with zero attached hydrogens (tertiary/aromatic N) is 1. The second-order valence-electron chi connectivity index (χ2n) is 3.56. The number of hydrogen-bond donors (Lipinski definition) is 2. The Hall–Kier alpha value is -2.04. The van der Waals surface area contributed by atoms with Crippen molar-refractivity contribution in [3.63, 3.8) is 0 Å². The maximum atomic E-state index is 10.3. The third kappa shape index (κ3) is 5.90. The van der Waals surface area contributed by atoms with Crippen LogP contribution in [0.3, 0.4) is 0 Å². The monoisotopic (exact) mass is 267 g/mol. The lowest BCUT2D eigenvalue weighted by Crippen LogP contribution is -1.97. The standard InChI is InChI=1S/C12H15NO4.C2H6/c1-8-5-9(17-2)6-11(14)10(8)7-13-4-3-12(15)16;1-2/h5-7,14H,3-4H2,1-2H3,(H,15,16);1-2H3. The number of rotatable bonds is 5. The minimum Gasteiger partial charge on any atom is -0.507 e. The van der Waals surface area contributed by atoms with Crippen LogP contribution in [0.25, 0.3) is 0 Å². The molecule has 5 heteroatoms. The molecule has 0 aliphatic carbocycles. The molecule has 0 radical (unpaired) electrons. The van der Waals surface area contributed by atoms with Crippen LogP contribution in [0.5, 0.6) is 11.5 Å². The molecule has 0 fully saturated rings. The van der Waals surface area contributed by atoms with Crippen molar-refractivity contribution in [1.29, 1.82) is 0 Å². The van der Waals surface area contributed by atoms with Crippen LogP contribution in [0, 0.1) is 6.92 Å². The highest BCUT2D eigenvalue weighted by atomic mass is 16.5. The topological polar surface area (TPSA) is 79.1 Å². The number of methoxy groups -OCH3 is 1. The predicted octanol–water partition coefficient (Wildman–Crippen LogP) is 2.63. The highest BCUT2D eigenvalue weighted by Crippen LogP contribution is 2.25. The maximum Gasteiger partial charge on any atom is 0.305 e. The molecule has 0 bridgehead atoms. The summed E-state index contributed by atoms with van der Waals surface area (Å²) in [6.45, 7) is 6.01. The van der Waals surface area contributed by atoms with E-state index < -0.39 is 5.97 Å². The second kappa shape index (κ2) is 8.97. The molecule has 0 heterocycles. The summed E-state index contributed by atoms with van der Waals surface area (Å²) in [4.78, 5) is 14.2. The molecular formula is C14H21NO4. The summed E-state index contributed by atoms with van der Waals surface area (Å²) in [5.74, 6) is -0.249. The smallest absolute Gasteiger partial charge is 0.305 e. The first-order valence-corrected chi connectivity index (χ1v) is 6.14. The predicted molar refractivity (Wildman–Crippen MR) is 75.5 cm³/mol. The van der Waals surface area contributed by atoms with Gasteiger partial charge in [-0.3, -0.25) is 9.79 Å². The summed E-state index contributed by atoms with van der Waals surface area (Å²) < 4.78 is 5.01. The Bertz CT molecular complexity index is 418. The summed E-state index contributed by atoms with van der Waals surface area (Å²) in [7, 11) is 1.52. The Morgan fingerprint density at radius 3 is 2.53 bits per heavy atom. The van der Waals surface area contributed by atoms with E-state index >= 15 is 0 Å². The van der Waals surface area contributed by atoms with Gasteiger partial charge in [-0.2, -0.15) is 0 Å². The molecule has 2 N–H and O–H groups in total. The lowest BCUT2D eigenvalue weighted by atomic mass is 10.1. The van der Waals surface area contributed by atoms with Gasteiger partial charge in [-0.1, -0.05) is 13.8 Å². The van der Waals surface area contributed by atoms with Crippen molar-refractivity contribution >= 4 is 12.2 Å². The molecule has 0 aliphatic heterocycles. The van der Waals surface area contributed by atoms with E-state index in [1.54, 1.807) is 6.07 Å². The van der Waals surface area contributed by atoms with E-state index in [9.17, 15) is 9.90 Å². The number of carboxylic acid groups (broad SMARTS) is 1. The molecular weight excluding hydrogens is 246 g/mol. The Morgan fingerprint density at radius 1 is 1.42 bits per heavy atom. The van der Waals surface area contributed by atoms with Crippen LogP contribution in [-0.4, -0.2) is 36.1 Å². The van der Waals surface area contributed by atoms with E-state index in [2.05, 4.69) is 4.99 Å². The van der Waals surface area contributed by atoms with Crippen LogP contribution in [-0.2, 0) is 4.79 Å². The second-order valence-corrected chi connectivity index (χ2v) is 3.56. The number of aliphatic imine (C=N–C) groups is 1. The van der Waals surface area contributed by atoms with Gasteiger partial charge >= 0.3 is 5.97 Å². The number of ether oxygens (including phenoxy) is 1. The van der Waals surface area contributed by atoms with Gasteiger partial charge in [-0.25, -0.2) is 0 Å². The van der Waals surface area contributed by atoms with Crippen LogP contribution in [0.15, 0.2) is 17.1 Å². The summed E-state index contributed by atoms with van der Waals surface area (Å²) in [6, 6.07) is 3.27. The SMILES string of the molecule is CC.COc1cc(C)c(C=NCCC(=O)O)c(O)c1. The Labute approximate surface area is 113 Å². The zero-order chi connectivity index (χ0) is 14.8. The lowest BCUT2D eigenvalue weighted by molar-refractivity contribution is -0.136. The van der Waals surface area contributed by atoms with E-state index in [0.29, 0.717) is 11.3 Å². The molecule has 0 atom stereocenters. The normalized spacial score (nSPS) is 9.89. The fourth-order valence-electron chi connectivity index (χ4n) is 1.35. The van der Waals surface area contributed by atoms with Crippen LogP contribution < -0.4 is 4.74 Å². The summed E-state index contributed by atoms with van der Waals surface area (Å²) in [5, 5.41) is 18.2. The summed E-state index contributed by atoms with van der Waals surface area (Å²) in [6.07, 6.45) is 1.46. The molecule has 0 saturated carbocycles. The van der Waals surface area contributed by atoms with Gasteiger partial charge in [0.1, 0.15) is 11.5 Å². The van der Waals surface area contributed by atoms with Crippen LogP contribution in [0.1, 0.15) is 31.4 Å². The van der Waals surface area contributed by atoms with Crippen LogP contribution in [0.2, 0.25) is 0 Å². The van der Waals surface area contributed by atoms with Gasteiger partial charge in [0, 0.05) is 24.4 Å². The molecule has 1 rings (SSSR count). The van der Waals surface area contributed by atoms with E-state index in [-0.39, 0.29) is 18.7 Å². The molecule has 19 heavy (non-hydrogen) atoms. The first-order valence-electron chi connectivity index (χ1n) is 6.14. The van der Waals surface area contributed by atoms with Crippen molar-refractivity contribution in [1.82, 2.24) is 0 Å². The van der Waals surface area contributed by atoms with E-state index in [1.807, 2.05) is 20.8 Å². The fraction of sp³-hybridized carbons (Fsp3) is 0.429. The third-order valence-corrected chi connectivity index (χ3v) is 2.25. The number of carbonyl (C=O) groups is 1. The van der Waals surface area contributed by atoms with Gasteiger partial charge in [0.15, 0.2) is 0 Å². The van der Waals surface area contributed by atoms with E-state index in [1.165, 1.54) is 19.4 Å². The molecule has 1 aromatic carbocycles. The molecule has 0 saturated heterocycles. The lowest BCUT2D eigenvalue weighted by Gasteiger charge is -2.06. The average molecular weight is 267 g/mol. The van der Waals surface area contributed by atoms with E-state index in [4.69, 9.17) is 9.84 Å². The molecule has 0 aliphatic rings. The summed E-state index contributed by atoms with van der Waals surface area (Å²) >= 11 is 0. The van der Waals surface area contributed by atoms with Gasteiger partial charge < -0.3 is 14.9 Å². The van der Waals surface area contributed by atoms with Gasteiger partial charge in [-0.15, -0.1) is 0 Å². The third-order valence-electron chi connectivity index (χ3n) is 2.25. The fourth-order valence-corrected chi connectivity index (χ4v) is 1.35. The summed E-state index contributed by atoms with van der Waals surface area (Å²) in [5.41, 5.74) is 1.40. The zero-order valence-electron chi connectivity index (χ0n) is 11.8. The average Bonchev–Trinajstić information content (AvgIpc) is 2.38. The Morgan fingerprint density at radius 2 is 2.05 bits per heavy atom. The first kappa shape index (κ1) is 17.0. The number of aryl methyl sites for hydroxylation is 1. The number of carboxylic acids is 1. The zero-order valence-corrected chi connectivity index (χ0v) is 11.8. The van der Waals surface area contributed by atoms with Gasteiger partial charge in [0.2, 0.25) is 0 Å². The van der Waals surface area contributed by atoms with Crippen LogP contribution >= 0.6 is 0 Å². The number of phenols is 1. The quantitative estimate of drug-likeness (QED) is 0.804. The van der Waals surface area contributed by atoms with Gasteiger partial charge in [0.05, 0.1) is 13.5 Å². The van der Waals surface area contributed by atoms with Crippen molar-refractivity contribution < 1.29 is 19.7 Å². The Balaban J connectivity index is 0.00000154. The number of phenolic OH excluding ortho intramolecular Hbond substituents is 1. The number of aromatic hydroxyl groups is 1.